The van der Waals surface area contributed by atoms with Crippen LogP contribution in [0.2, 0.25) is 0 Å². The van der Waals surface area contributed by atoms with Crippen LogP contribution in [0.3, 0.4) is 0 Å². The molecule has 0 aromatic carbocycles. The maximum absolute atomic E-state index is 12.6. The van der Waals surface area contributed by atoms with Crippen molar-refractivity contribution in [2.24, 2.45) is 5.92 Å². The van der Waals surface area contributed by atoms with Gasteiger partial charge in [-0.1, -0.05) is 0 Å². The van der Waals surface area contributed by atoms with E-state index in [4.69, 9.17) is 0 Å². The standard InChI is InChI=1S/C18H21F2N5O/c19-17(20)14-9-15(26)25(11-23-14)10-12-3-7-24(8-4-12)18-16(13-1-2-13)21-5-6-22-18/h5-6,9,11-13,17H,1-4,7-8,10H2. The zero-order valence-electron chi connectivity index (χ0n) is 14.4. The molecule has 0 unspecified atom stereocenters. The predicted molar refractivity (Wildman–Crippen MR) is 92.4 cm³/mol. The quantitative estimate of drug-likeness (QED) is 0.819. The largest absolute Gasteiger partial charge is 0.355 e. The Kier molecular flexibility index (Phi) is 4.65. The molecule has 0 bridgehead atoms. The van der Waals surface area contributed by atoms with E-state index in [1.165, 1.54) is 23.7 Å². The first-order chi connectivity index (χ1) is 12.6. The molecule has 0 amide bonds. The molecule has 1 aliphatic heterocycles. The van der Waals surface area contributed by atoms with Crippen LogP contribution in [-0.4, -0.2) is 32.6 Å². The van der Waals surface area contributed by atoms with Gasteiger partial charge < -0.3 is 4.90 Å². The Balaban J connectivity index is 1.39. The smallest absolute Gasteiger partial charge is 0.280 e. The van der Waals surface area contributed by atoms with Crippen molar-refractivity contribution >= 4 is 5.82 Å². The van der Waals surface area contributed by atoms with Crippen LogP contribution >= 0.6 is 0 Å². The molecule has 2 aromatic rings. The van der Waals surface area contributed by atoms with E-state index in [9.17, 15) is 13.6 Å². The summed E-state index contributed by atoms with van der Waals surface area (Å²) in [6, 6.07) is 0.932. The van der Waals surface area contributed by atoms with Crippen molar-refractivity contribution in [3.05, 3.63) is 46.5 Å². The lowest BCUT2D eigenvalue weighted by atomic mass is 9.96. The SMILES string of the molecule is O=c1cc(C(F)F)ncn1CC1CCN(c2nccnc2C2CC2)CC1. The molecule has 0 atom stereocenters. The van der Waals surface area contributed by atoms with Crippen LogP contribution in [0.25, 0.3) is 0 Å². The van der Waals surface area contributed by atoms with Crippen molar-refractivity contribution in [1.82, 2.24) is 19.5 Å². The minimum Gasteiger partial charge on any atom is -0.355 e. The number of nitrogens with zero attached hydrogens (tertiary/aromatic N) is 5. The highest BCUT2D eigenvalue weighted by molar-refractivity contribution is 5.46. The lowest BCUT2D eigenvalue weighted by Crippen LogP contribution is -2.37. The molecule has 1 saturated carbocycles. The Morgan fingerprint density at radius 3 is 2.46 bits per heavy atom. The zero-order chi connectivity index (χ0) is 18.1. The molecule has 8 heteroatoms. The predicted octanol–water partition coefficient (Wildman–Crippen LogP) is 2.76. The summed E-state index contributed by atoms with van der Waals surface area (Å²) in [4.78, 5) is 27.0. The number of rotatable bonds is 5. The third-order valence-corrected chi connectivity index (χ3v) is 5.16. The topological polar surface area (TPSA) is 63.9 Å². The molecule has 4 rings (SSSR count). The Hall–Kier alpha value is -2.38. The van der Waals surface area contributed by atoms with Gasteiger partial charge in [0.05, 0.1) is 12.0 Å². The lowest BCUT2D eigenvalue weighted by molar-refractivity contribution is 0.145. The molecule has 1 saturated heterocycles. The second-order valence-electron chi connectivity index (χ2n) is 7.07. The van der Waals surface area contributed by atoms with E-state index >= 15 is 0 Å². The van der Waals surface area contributed by atoms with E-state index in [2.05, 4.69) is 19.9 Å². The normalized spacial score (nSPS) is 18.5. The fourth-order valence-electron chi connectivity index (χ4n) is 3.53. The first-order valence-electron chi connectivity index (χ1n) is 9.02. The maximum atomic E-state index is 12.6. The van der Waals surface area contributed by atoms with Gasteiger partial charge >= 0.3 is 0 Å². The second kappa shape index (κ2) is 7.09. The summed E-state index contributed by atoms with van der Waals surface area (Å²) in [7, 11) is 0. The summed E-state index contributed by atoms with van der Waals surface area (Å²) in [5.41, 5.74) is 0.230. The molecular weight excluding hydrogens is 340 g/mol. The first kappa shape index (κ1) is 17.1. The average molecular weight is 361 g/mol. The number of alkyl halides is 2. The number of hydrogen-bond donors (Lipinski definition) is 0. The van der Waals surface area contributed by atoms with Crippen LogP contribution in [0.1, 0.15) is 49.4 Å². The van der Waals surface area contributed by atoms with Gasteiger partial charge in [0, 0.05) is 44.0 Å². The molecule has 0 spiro atoms. The highest BCUT2D eigenvalue weighted by Gasteiger charge is 2.31. The van der Waals surface area contributed by atoms with Crippen molar-refractivity contribution in [2.75, 3.05) is 18.0 Å². The molecule has 0 radical (unpaired) electrons. The summed E-state index contributed by atoms with van der Waals surface area (Å²) in [6.45, 7) is 2.24. The third kappa shape index (κ3) is 3.59. The van der Waals surface area contributed by atoms with Crippen molar-refractivity contribution in [2.45, 2.75) is 44.6 Å². The lowest BCUT2D eigenvalue weighted by Gasteiger charge is -2.33. The van der Waals surface area contributed by atoms with E-state index < -0.39 is 17.7 Å². The van der Waals surface area contributed by atoms with Gasteiger partial charge in [0.1, 0.15) is 5.69 Å². The van der Waals surface area contributed by atoms with E-state index in [1.807, 2.05) is 0 Å². The number of piperidine rings is 1. The maximum Gasteiger partial charge on any atom is 0.280 e. The first-order valence-corrected chi connectivity index (χ1v) is 9.02. The number of hydrogen-bond acceptors (Lipinski definition) is 5. The highest BCUT2D eigenvalue weighted by atomic mass is 19.3. The Bertz CT molecular complexity index is 828. The Labute approximate surface area is 149 Å². The fourth-order valence-corrected chi connectivity index (χ4v) is 3.53. The van der Waals surface area contributed by atoms with Crippen LogP contribution in [-0.2, 0) is 6.54 Å². The Morgan fingerprint density at radius 2 is 1.81 bits per heavy atom. The van der Waals surface area contributed by atoms with E-state index in [1.54, 1.807) is 12.4 Å². The molecule has 138 valence electrons. The van der Waals surface area contributed by atoms with Gasteiger partial charge in [-0.25, -0.2) is 18.7 Å². The van der Waals surface area contributed by atoms with Crippen LogP contribution in [0, 0.1) is 5.92 Å². The van der Waals surface area contributed by atoms with Crippen LogP contribution in [0.4, 0.5) is 14.6 Å². The van der Waals surface area contributed by atoms with Gasteiger partial charge in [0.2, 0.25) is 0 Å². The van der Waals surface area contributed by atoms with Crippen molar-refractivity contribution in [1.29, 1.82) is 0 Å². The van der Waals surface area contributed by atoms with Crippen LogP contribution in [0.15, 0.2) is 29.6 Å². The van der Waals surface area contributed by atoms with Gasteiger partial charge in [-0.15, -0.1) is 0 Å². The van der Waals surface area contributed by atoms with Gasteiger partial charge in [-0.05, 0) is 31.6 Å². The van der Waals surface area contributed by atoms with Crippen LogP contribution in [0.5, 0.6) is 0 Å². The van der Waals surface area contributed by atoms with Crippen molar-refractivity contribution in [3.8, 4) is 0 Å². The highest BCUT2D eigenvalue weighted by Crippen LogP contribution is 2.42. The molecular formula is C18H21F2N5O. The van der Waals surface area contributed by atoms with Crippen molar-refractivity contribution in [3.63, 3.8) is 0 Å². The van der Waals surface area contributed by atoms with Crippen molar-refractivity contribution < 1.29 is 8.78 Å². The summed E-state index contributed by atoms with van der Waals surface area (Å²) < 4.78 is 26.7. The number of aromatic nitrogens is 4. The van der Waals surface area contributed by atoms with E-state index in [0.29, 0.717) is 18.4 Å². The minimum atomic E-state index is -2.71. The van der Waals surface area contributed by atoms with E-state index in [0.717, 1.165) is 43.5 Å². The molecule has 2 aromatic heterocycles. The van der Waals surface area contributed by atoms with Gasteiger partial charge in [-0.2, -0.15) is 0 Å². The summed E-state index contributed by atoms with van der Waals surface area (Å²) in [5.74, 6) is 1.87. The van der Waals surface area contributed by atoms with E-state index in [-0.39, 0.29) is 0 Å². The zero-order valence-corrected chi connectivity index (χ0v) is 14.4. The third-order valence-electron chi connectivity index (χ3n) is 5.16. The molecule has 6 nitrogen and oxygen atoms in total. The summed E-state index contributed by atoms with van der Waals surface area (Å²) >= 11 is 0. The number of anilines is 1. The van der Waals surface area contributed by atoms with Gasteiger partial charge in [0.25, 0.3) is 12.0 Å². The minimum absolute atomic E-state index is 0.323. The monoisotopic (exact) mass is 361 g/mol. The molecule has 2 fully saturated rings. The molecule has 26 heavy (non-hydrogen) atoms. The molecule has 2 aliphatic rings. The Morgan fingerprint density at radius 1 is 1.08 bits per heavy atom. The number of halogens is 2. The fraction of sp³-hybridized carbons (Fsp3) is 0.556. The van der Waals surface area contributed by atoms with Gasteiger partial charge in [0.15, 0.2) is 5.82 Å². The molecule has 0 N–H and O–H groups in total. The second-order valence-corrected chi connectivity index (χ2v) is 7.07. The van der Waals surface area contributed by atoms with Crippen LogP contribution < -0.4 is 10.5 Å². The summed E-state index contributed by atoms with van der Waals surface area (Å²) in [5, 5.41) is 0. The average Bonchev–Trinajstić information content (AvgIpc) is 3.49. The molecule has 3 heterocycles. The molecule has 1 aliphatic carbocycles. The summed E-state index contributed by atoms with van der Waals surface area (Å²) in [6.07, 6.45) is 6.24. The van der Waals surface area contributed by atoms with Gasteiger partial charge in [-0.3, -0.25) is 14.3 Å².